The molecule has 2 N–H and O–H groups in total. The molecule has 0 radical (unpaired) electrons. The number of nitrogens with one attached hydrogen (secondary N) is 1. The van der Waals surface area contributed by atoms with Gasteiger partial charge in [0.05, 0.1) is 6.42 Å². The Morgan fingerprint density at radius 3 is 2.64 bits per heavy atom. The molecule has 0 saturated heterocycles. The monoisotopic (exact) mass is 155 g/mol. The standard InChI is InChI=1S/C7H9NO3/c9-6(3-4-7(10)11)8-5-1-2-5/h1H,2-4H2,(H,8,9)(H,10,11). The summed E-state index contributed by atoms with van der Waals surface area (Å²) in [7, 11) is 0. The van der Waals surface area contributed by atoms with Crippen LogP contribution in [0.4, 0.5) is 0 Å². The van der Waals surface area contributed by atoms with Gasteiger partial charge in [-0.2, -0.15) is 0 Å². The van der Waals surface area contributed by atoms with Crippen LogP contribution in [0.2, 0.25) is 0 Å². The van der Waals surface area contributed by atoms with Gasteiger partial charge >= 0.3 is 5.97 Å². The van der Waals surface area contributed by atoms with Gasteiger partial charge in [0.1, 0.15) is 0 Å². The summed E-state index contributed by atoms with van der Waals surface area (Å²) in [6.07, 6.45) is 2.67. The van der Waals surface area contributed by atoms with E-state index in [4.69, 9.17) is 5.11 Å². The van der Waals surface area contributed by atoms with E-state index < -0.39 is 5.97 Å². The summed E-state index contributed by atoms with van der Waals surface area (Å²) < 4.78 is 0. The number of carbonyl (C=O) groups excluding carboxylic acids is 1. The summed E-state index contributed by atoms with van der Waals surface area (Å²) in [5.41, 5.74) is 0.903. The van der Waals surface area contributed by atoms with Crippen molar-refractivity contribution in [3.05, 3.63) is 11.8 Å². The first-order chi connectivity index (χ1) is 5.18. The van der Waals surface area contributed by atoms with E-state index in [0.717, 1.165) is 12.1 Å². The molecule has 0 unspecified atom stereocenters. The second kappa shape index (κ2) is 3.18. The fourth-order valence-electron chi connectivity index (χ4n) is 0.615. The van der Waals surface area contributed by atoms with Crippen molar-refractivity contribution in [3.8, 4) is 0 Å². The Bertz CT molecular complexity index is 220. The Morgan fingerprint density at radius 2 is 2.18 bits per heavy atom. The average molecular weight is 155 g/mol. The Kier molecular flexibility index (Phi) is 2.25. The minimum Gasteiger partial charge on any atom is -0.481 e. The van der Waals surface area contributed by atoms with Gasteiger partial charge < -0.3 is 10.4 Å². The van der Waals surface area contributed by atoms with E-state index in [1.54, 1.807) is 0 Å². The van der Waals surface area contributed by atoms with Crippen LogP contribution < -0.4 is 5.32 Å². The van der Waals surface area contributed by atoms with Crippen LogP contribution in [0.15, 0.2) is 11.8 Å². The molecule has 0 atom stereocenters. The van der Waals surface area contributed by atoms with Crippen molar-refractivity contribution in [2.24, 2.45) is 0 Å². The van der Waals surface area contributed by atoms with Gasteiger partial charge in [-0.15, -0.1) is 0 Å². The van der Waals surface area contributed by atoms with Crippen LogP contribution >= 0.6 is 0 Å². The predicted molar refractivity (Wildman–Crippen MR) is 37.7 cm³/mol. The number of carboxylic acid groups (broad SMARTS) is 1. The summed E-state index contributed by atoms with van der Waals surface area (Å²) in [5, 5.41) is 10.8. The maximum atomic E-state index is 10.8. The fourth-order valence-corrected chi connectivity index (χ4v) is 0.615. The third kappa shape index (κ3) is 3.40. The molecule has 0 aliphatic heterocycles. The van der Waals surface area contributed by atoms with Crippen molar-refractivity contribution in [1.29, 1.82) is 0 Å². The molecular weight excluding hydrogens is 146 g/mol. The number of hydrogen-bond acceptors (Lipinski definition) is 2. The minimum atomic E-state index is -0.940. The molecule has 1 rings (SSSR count). The minimum absolute atomic E-state index is 0.0622. The highest BCUT2D eigenvalue weighted by Crippen LogP contribution is 2.13. The average Bonchev–Trinajstić information content (AvgIpc) is 2.67. The number of aliphatic carboxylic acids is 1. The second-order valence-corrected chi connectivity index (χ2v) is 2.38. The second-order valence-electron chi connectivity index (χ2n) is 2.38. The van der Waals surface area contributed by atoms with Gasteiger partial charge in [-0.3, -0.25) is 9.59 Å². The highest BCUT2D eigenvalue weighted by molar-refractivity contribution is 5.82. The third-order valence-corrected chi connectivity index (χ3v) is 1.27. The number of carbonyl (C=O) groups is 2. The normalized spacial score (nSPS) is 13.6. The van der Waals surface area contributed by atoms with Gasteiger partial charge in [0, 0.05) is 18.5 Å². The molecule has 4 nitrogen and oxygen atoms in total. The molecule has 0 fully saturated rings. The van der Waals surface area contributed by atoms with Gasteiger partial charge in [-0.05, 0) is 0 Å². The molecule has 0 aromatic heterocycles. The van der Waals surface area contributed by atoms with Gasteiger partial charge in [0.15, 0.2) is 0 Å². The summed E-state index contributed by atoms with van der Waals surface area (Å²) in [4.78, 5) is 20.8. The van der Waals surface area contributed by atoms with Crippen molar-refractivity contribution in [2.75, 3.05) is 0 Å². The third-order valence-electron chi connectivity index (χ3n) is 1.27. The number of amides is 1. The van der Waals surface area contributed by atoms with Crippen molar-refractivity contribution in [1.82, 2.24) is 5.32 Å². The molecule has 1 amide bonds. The Morgan fingerprint density at radius 1 is 1.55 bits per heavy atom. The van der Waals surface area contributed by atoms with Gasteiger partial charge in [-0.25, -0.2) is 0 Å². The number of carboxylic acids is 1. The summed E-state index contributed by atoms with van der Waals surface area (Å²) in [6.45, 7) is 0. The quantitative estimate of drug-likeness (QED) is 0.611. The summed E-state index contributed by atoms with van der Waals surface area (Å²) in [5.74, 6) is -1.15. The van der Waals surface area contributed by atoms with E-state index in [-0.39, 0.29) is 18.7 Å². The smallest absolute Gasteiger partial charge is 0.303 e. The van der Waals surface area contributed by atoms with Gasteiger partial charge in [-0.1, -0.05) is 6.08 Å². The maximum absolute atomic E-state index is 10.8. The van der Waals surface area contributed by atoms with E-state index in [9.17, 15) is 9.59 Å². The number of allylic oxidation sites excluding steroid dienone is 2. The van der Waals surface area contributed by atoms with Crippen LogP contribution in [0.5, 0.6) is 0 Å². The summed E-state index contributed by atoms with van der Waals surface area (Å²) >= 11 is 0. The van der Waals surface area contributed by atoms with Crippen LogP contribution in [0.25, 0.3) is 0 Å². The van der Waals surface area contributed by atoms with E-state index >= 15 is 0 Å². The maximum Gasteiger partial charge on any atom is 0.303 e. The largest absolute Gasteiger partial charge is 0.481 e. The first-order valence-electron chi connectivity index (χ1n) is 3.39. The van der Waals surface area contributed by atoms with E-state index in [1.807, 2.05) is 6.08 Å². The molecule has 0 spiro atoms. The number of rotatable bonds is 4. The lowest BCUT2D eigenvalue weighted by Gasteiger charge is -1.96. The molecule has 60 valence electrons. The lowest BCUT2D eigenvalue weighted by Crippen LogP contribution is -2.19. The zero-order valence-electron chi connectivity index (χ0n) is 5.96. The highest BCUT2D eigenvalue weighted by Gasteiger charge is 2.11. The zero-order chi connectivity index (χ0) is 8.27. The van der Waals surface area contributed by atoms with Crippen molar-refractivity contribution >= 4 is 11.9 Å². The topological polar surface area (TPSA) is 66.4 Å². The van der Waals surface area contributed by atoms with Crippen LogP contribution in [-0.4, -0.2) is 17.0 Å². The van der Waals surface area contributed by atoms with Crippen LogP contribution in [0.3, 0.4) is 0 Å². The zero-order valence-corrected chi connectivity index (χ0v) is 5.96. The lowest BCUT2D eigenvalue weighted by atomic mass is 10.3. The first-order valence-corrected chi connectivity index (χ1v) is 3.39. The van der Waals surface area contributed by atoms with Gasteiger partial charge in [0.25, 0.3) is 0 Å². The van der Waals surface area contributed by atoms with Crippen LogP contribution in [0.1, 0.15) is 19.3 Å². The molecule has 1 aliphatic rings. The Labute approximate surface area is 63.9 Å². The molecule has 0 aromatic rings. The Hall–Kier alpha value is -1.32. The molecule has 0 heterocycles. The van der Waals surface area contributed by atoms with E-state index in [0.29, 0.717) is 0 Å². The molecular formula is C7H9NO3. The van der Waals surface area contributed by atoms with Crippen LogP contribution in [-0.2, 0) is 9.59 Å². The Balaban J connectivity index is 2.10. The fraction of sp³-hybridized carbons (Fsp3) is 0.429. The SMILES string of the molecule is O=C(O)CCC(=O)NC1=CC1. The van der Waals surface area contributed by atoms with E-state index in [2.05, 4.69) is 5.32 Å². The molecule has 0 saturated carbocycles. The molecule has 1 aliphatic carbocycles. The first kappa shape index (κ1) is 7.78. The lowest BCUT2D eigenvalue weighted by molar-refractivity contribution is -0.138. The predicted octanol–water partition coefficient (Wildman–Crippen LogP) is 0.255. The number of hydrogen-bond donors (Lipinski definition) is 2. The van der Waals surface area contributed by atoms with Crippen molar-refractivity contribution < 1.29 is 14.7 Å². The summed E-state index contributed by atoms with van der Waals surface area (Å²) in [6, 6.07) is 0. The molecule has 0 bridgehead atoms. The molecule has 11 heavy (non-hydrogen) atoms. The molecule has 0 aromatic carbocycles. The molecule has 4 heteroatoms. The van der Waals surface area contributed by atoms with Crippen molar-refractivity contribution in [3.63, 3.8) is 0 Å². The van der Waals surface area contributed by atoms with Gasteiger partial charge in [0.2, 0.25) is 5.91 Å². The van der Waals surface area contributed by atoms with E-state index in [1.165, 1.54) is 0 Å². The van der Waals surface area contributed by atoms with Crippen LogP contribution in [0, 0.1) is 0 Å². The highest BCUT2D eigenvalue weighted by atomic mass is 16.4. The van der Waals surface area contributed by atoms with Crippen molar-refractivity contribution in [2.45, 2.75) is 19.3 Å².